The molecule has 1 aromatic rings. The SMILES string of the molecule is CCNC(=NCC1(O)CCC1SCC)N1CC(C)OC(c2ccc(F)cc2)C1. The van der Waals surface area contributed by atoms with Gasteiger partial charge in [-0.25, -0.2) is 4.39 Å². The molecular formula is C21H32FN3O2S. The summed E-state index contributed by atoms with van der Waals surface area (Å²) < 4.78 is 19.4. The lowest BCUT2D eigenvalue weighted by atomic mass is 9.79. The lowest BCUT2D eigenvalue weighted by Gasteiger charge is -2.44. The third-order valence-corrected chi connectivity index (χ3v) is 6.86. The molecule has 0 amide bonds. The number of nitrogens with zero attached hydrogens (tertiary/aromatic N) is 2. The molecule has 2 fully saturated rings. The molecule has 0 bridgehead atoms. The zero-order valence-corrected chi connectivity index (χ0v) is 17.8. The number of benzene rings is 1. The molecule has 1 heterocycles. The highest BCUT2D eigenvalue weighted by molar-refractivity contribution is 8.00. The van der Waals surface area contributed by atoms with Crippen molar-refractivity contribution in [3.63, 3.8) is 0 Å². The quantitative estimate of drug-likeness (QED) is 0.558. The van der Waals surface area contributed by atoms with Gasteiger partial charge in [0.2, 0.25) is 0 Å². The minimum Gasteiger partial charge on any atom is -0.387 e. The third kappa shape index (κ3) is 4.99. The Balaban J connectivity index is 1.72. The first-order valence-electron chi connectivity index (χ1n) is 10.2. The van der Waals surface area contributed by atoms with Gasteiger partial charge in [-0.15, -0.1) is 0 Å². The number of hydrogen-bond acceptors (Lipinski definition) is 4. The topological polar surface area (TPSA) is 57.1 Å². The summed E-state index contributed by atoms with van der Waals surface area (Å²) in [6.07, 6.45) is 1.76. The van der Waals surface area contributed by atoms with Gasteiger partial charge in [0.1, 0.15) is 11.9 Å². The number of thioether (sulfide) groups is 1. The van der Waals surface area contributed by atoms with Gasteiger partial charge in [-0.2, -0.15) is 11.8 Å². The normalized spacial score (nSPS) is 30.8. The number of hydrogen-bond donors (Lipinski definition) is 2. The monoisotopic (exact) mass is 409 g/mol. The van der Waals surface area contributed by atoms with Crippen LogP contribution in [-0.2, 0) is 4.74 Å². The number of aliphatic hydroxyl groups is 1. The van der Waals surface area contributed by atoms with Crippen LogP contribution in [-0.4, -0.2) is 64.9 Å². The van der Waals surface area contributed by atoms with E-state index in [9.17, 15) is 9.50 Å². The fourth-order valence-corrected chi connectivity index (χ4v) is 5.03. The molecule has 1 saturated heterocycles. The molecule has 156 valence electrons. The molecule has 1 aromatic carbocycles. The Hall–Kier alpha value is -1.31. The van der Waals surface area contributed by atoms with E-state index < -0.39 is 5.60 Å². The Morgan fingerprint density at radius 1 is 1.36 bits per heavy atom. The molecule has 3 rings (SSSR count). The number of morpholine rings is 1. The fourth-order valence-electron chi connectivity index (χ4n) is 3.84. The van der Waals surface area contributed by atoms with Gasteiger partial charge in [-0.1, -0.05) is 19.1 Å². The highest BCUT2D eigenvalue weighted by atomic mass is 32.2. The maximum Gasteiger partial charge on any atom is 0.194 e. The van der Waals surface area contributed by atoms with Gasteiger partial charge in [0.15, 0.2) is 5.96 Å². The lowest BCUT2D eigenvalue weighted by molar-refractivity contribution is -0.0608. The van der Waals surface area contributed by atoms with E-state index in [-0.39, 0.29) is 23.3 Å². The van der Waals surface area contributed by atoms with Crippen LogP contribution >= 0.6 is 11.8 Å². The first kappa shape index (κ1) is 21.4. The molecule has 1 saturated carbocycles. The molecule has 1 aliphatic heterocycles. The molecule has 4 unspecified atom stereocenters. The molecule has 1 aliphatic carbocycles. The number of ether oxygens (including phenoxy) is 1. The highest BCUT2D eigenvalue weighted by Crippen LogP contribution is 2.41. The molecule has 0 aromatic heterocycles. The molecule has 4 atom stereocenters. The van der Waals surface area contributed by atoms with Gasteiger partial charge >= 0.3 is 0 Å². The minimum atomic E-state index is -0.699. The van der Waals surface area contributed by atoms with Gasteiger partial charge in [0.05, 0.1) is 24.8 Å². The minimum absolute atomic E-state index is 0.0304. The molecule has 28 heavy (non-hydrogen) atoms. The first-order chi connectivity index (χ1) is 13.4. The number of guanidine groups is 1. The summed E-state index contributed by atoms with van der Waals surface area (Å²) in [5.41, 5.74) is 0.265. The van der Waals surface area contributed by atoms with Crippen molar-refractivity contribution in [2.75, 3.05) is 31.9 Å². The summed E-state index contributed by atoms with van der Waals surface area (Å²) >= 11 is 1.82. The molecular weight excluding hydrogens is 377 g/mol. The molecule has 0 spiro atoms. The van der Waals surface area contributed by atoms with Crippen molar-refractivity contribution in [2.24, 2.45) is 4.99 Å². The highest BCUT2D eigenvalue weighted by Gasteiger charge is 2.45. The van der Waals surface area contributed by atoms with E-state index in [2.05, 4.69) is 17.1 Å². The van der Waals surface area contributed by atoms with E-state index in [1.54, 1.807) is 12.1 Å². The Morgan fingerprint density at radius 2 is 2.11 bits per heavy atom. The third-order valence-electron chi connectivity index (χ3n) is 5.45. The van der Waals surface area contributed by atoms with Crippen LogP contribution in [0.15, 0.2) is 29.3 Å². The van der Waals surface area contributed by atoms with Crippen LogP contribution in [0.25, 0.3) is 0 Å². The largest absolute Gasteiger partial charge is 0.387 e. The number of aliphatic imine (C=N–C) groups is 1. The maximum absolute atomic E-state index is 13.3. The summed E-state index contributed by atoms with van der Waals surface area (Å²) in [6, 6.07) is 6.51. The summed E-state index contributed by atoms with van der Waals surface area (Å²) in [4.78, 5) is 6.98. The van der Waals surface area contributed by atoms with Crippen LogP contribution in [0.5, 0.6) is 0 Å². The van der Waals surface area contributed by atoms with E-state index in [4.69, 9.17) is 9.73 Å². The van der Waals surface area contributed by atoms with Crippen molar-refractivity contribution in [3.8, 4) is 0 Å². The van der Waals surface area contributed by atoms with Crippen LogP contribution in [0.2, 0.25) is 0 Å². The lowest BCUT2D eigenvalue weighted by Crippen LogP contribution is -2.54. The van der Waals surface area contributed by atoms with Crippen LogP contribution in [0.1, 0.15) is 45.3 Å². The molecule has 2 N–H and O–H groups in total. The van der Waals surface area contributed by atoms with Crippen LogP contribution in [0.3, 0.4) is 0 Å². The molecule has 0 radical (unpaired) electrons. The summed E-state index contributed by atoms with van der Waals surface area (Å²) in [5, 5.41) is 14.5. The van der Waals surface area contributed by atoms with Gasteiger partial charge < -0.3 is 20.1 Å². The average Bonchev–Trinajstić information content (AvgIpc) is 2.68. The molecule has 7 heteroatoms. The second-order valence-corrected chi connectivity index (χ2v) is 9.13. The fraction of sp³-hybridized carbons (Fsp3) is 0.667. The van der Waals surface area contributed by atoms with Crippen molar-refractivity contribution in [3.05, 3.63) is 35.6 Å². The van der Waals surface area contributed by atoms with E-state index in [0.29, 0.717) is 13.1 Å². The van der Waals surface area contributed by atoms with Crippen molar-refractivity contribution in [2.45, 2.75) is 56.7 Å². The number of rotatable bonds is 6. The van der Waals surface area contributed by atoms with Gasteiger partial charge in [-0.05, 0) is 50.1 Å². The van der Waals surface area contributed by atoms with Crippen molar-refractivity contribution < 1.29 is 14.2 Å². The van der Waals surface area contributed by atoms with Crippen LogP contribution < -0.4 is 5.32 Å². The summed E-state index contributed by atoms with van der Waals surface area (Å²) in [7, 11) is 0. The second kappa shape index (κ2) is 9.46. The first-order valence-corrected chi connectivity index (χ1v) is 11.3. The molecule has 2 aliphatic rings. The van der Waals surface area contributed by atoms with Gasteiger partial charge in [0.25, 0.3) is 0 Å². The van der Waals surface area contributed by atoms with Crippen LogP contribution in [0.4, 0.5) is 4.39 Å². The number of nitrogens with one attached hydrogen (secondary N) is 1. The van der Waals surface area contributed by atoms with E-state index >= 15 is 0 Å². The van der Waals surface area contributed by atoms with Gasteiger partial charge in [0, 0.05) is 18.3 Å². The van der Waals surface area contributed by atoms with Gasteiger partial charge in [-0.3, -0.25) is 4.99 Å². The Kier molecular flexibility index (Phi) is 7.23. The summed E-state index contributed by atoms with van der Waals surface area (Å²) in [6.45, 7) is 8.77. The Labute approximate surface area is 171 Å². The predicted octanol–water partition coefficient (Wildman–Crippen LogP) is 3.20. The van der Waals surface area contributed by atoms with Crippen LogP contribution in [0, 0.1) is 5.82 Å². The standard InChI is InChI=1S/C21H32FN3O2S/c1-4-23-20(24-14-21(26)11-10-19(21)28-5-2)25-12-15(3)27-18(13-25)16-6-8-17(22)9-7-16/h6-9,15,18-19,26H,4-5,10-14H2,1-3H3,(H,23,24). The van der Waals surface area contributed by atoms with E-state index in [1.165, 1.54) is 12.1 Å². The zero-order chi connectivity index (χ0) is 20.1. The summed E-state index contributed by atoms with van der Waals surface area (Å²) in [5.74, 6) is 1.58. The Morgan fingerprint density at radius 3 is 2.71 bits per heavy atom. The molecule has 5 nitrogen and oxygen atoms in total. The van der Waals surface area contributed by atoms with E-state index in [0.717, 1.165) is 43.2 Å². The van der Waals surface area contributed by atoms with Crippen molar-refractivity contribution >= 4 is 17.7 Å². The number of halogens is 1. The Bertz CT molecular complexity index is 672. The maximum atomic E-state index is 13.3. The zero-order valence-electron chi connectivity index (χ0n) is 17.0. The smallest absolute Gasteiger partial charge is 0.194 e. The average molecular weight is 410 g/mol. The second-order valence-electron chi connectivity index (χ2n) is 7.65. The van der Waals surface area contributed by atoms with E-state index in [1.807, 2.05) is 25.6 Å². The van der Waals surface area contributed by atoms with Crippen molar-refractivity contribution in [1.82, 2.24) is 10.2 Å². The predicted molar refractivity (Wildman–Crippen MR) is 113 cm³/mol. The van der Waals surface area contributed by atoms with Crippen molar-refractivity contribution in [1.29, 1.82) is 0 Å².